The normalized spacial score (nSPS) is 27.6. The number of amides is 1. The lowest BCUT2D eigenvalue weighted by Gasteiger charge is -2.50. The van der Waals surface area contributed by atoms with E-state index in [9.17, 15) is 34.8 Å². The minimum atomic E-state index is -2.61. The van der Waals surface area contributed by atoms with Gasteiger partial charge in [0.1, 0.15) is 22.8 Å². The molecule has 4 rings (SSSR count). The van der Waals surface area contributed by atoms with Gasteiger partial charge < -0.3 is 30.6 Å². The third-order valence-corrected chi connectivity index (χ3v) is 7.53. The molecule has 0 bridgehead atoms. The summed E-state index contributed by atoms with van der Waals surface area (Å²) in [4.78, 5) is 43.9. The van der Waals surface area contributed by atoms with Gasteiger partial charge in [-0.15, -0.1) is 0 Å². The van der Waals surface area contributed by atoms with Crippen LogP contribution in [0.5, 0.6) is 5.75 Å². The number of anilines is 1. The average molecular weight is 514 g/mol. The first-order valence-corrected chi connectivity index (χ1v) is 12.2. The minimum absolute atomic E-state index is 0.0163. The van der Waals surface area contributed by atoms with Gasteiger partial charge in [-0.05, 0) is 71.3 Å². The second kappa shape index (κ2) is 8.59. The summed E-state index contributed by atoms with van der Waals surface area (Å²) in [7, 11) is 6.90. The lowest BCUT2D eigenvalue weighted by molar-refractivity contribution is -0.149. The number of aromatic hydroxyl groups is 1. The van der Waals surface area contributed by atoms with E-state index in [0.29, 0.717) is 5.56 Å². The largest absolute Gasteiger partial charge is 0.510 e. The fraction of sp³-hybridized carbons (Fsp3) is 0.519. The number of likely N-dealkylation sites (N-methyl/N-ethyl adjacent to an activating group) is 1. The smallest absolute Gasteiger partial charge is 0.258 e. The van der Waals surface area contributed by atoms with Gasteiger partial charge in [0.2, 0.25) is 5.78 Å². The molecule has 1 aromatic rings. The van der Waals surface area contributed by atoms with E-state index in [0.717, 1.165) is 5.69 Å². The van der Waals surface area contributed by atoms with Crippen LogP contribution in [0.25, 0.3) is 0 Å². The number of phenolic OH excluding ortho intramolecular Hbond substituents is 1. The number of rotatable bonds is 3. The number of phenols is 1. The van der Waals surface area contributed by atoms with Crippen molar-refractivity contribution in [2.75, 3.05) is 33.1 Å². The van der Waals surface area contributed by atoms with Crippen molar-refractivity contribution in [3.05, 3.63) is 45.9 Å². The first kappa shape index (κ1) is 26.7. The zero-order chi connectivity index (χ0) is 27.8. The number of allylic oxidation sites excluding steroid dienone is 1. The Morgan fingerprint density at radius 3 is 2.24 bits per heavy atom. The molecule has 5 N–H and O–H groups in total. The molecule has 0 unspecified atom stereocenters. The molecule has 10 heteroatoms. The minimum Gasteiger partial charge on any atom is -0.510 e. The van der Waals surface area contributed by atoms with Gasteiger partial charge in [0.15, 0.2) is 11.4 Å². The number of benzene rings is 1. The van der Waals surface area contributed by atoms with Gasteiger partial charge in [0, 0.05) is 36.8 Å². The molecule has 0 saturated carbocycles. The molecule has 4 atom stereocenters. The summed E-state index contributed by atoms with van der Waals surface area (Å²) in [6.45, 7) is 5.11. The Labute approximate surface area is 215 Å². The molecular weight excluding hydrogens is 478 g/mol. The van der Waals surface area contributed by atoms with Crippen LogP contribution in [0.4, 0.5) is 5.69 Å². The number of nitrogens with one attached hydrogen (secondary N) is 1. The molecule has 1 aromatic carbocycles. The van der Waals surface area contributed by atoms with Gasteiger partial charge in [-0.25, -0.2) is 0 Å². The second-order valence-corrected chi connectivity index (χ2v) is 11.7. The van der Waals surface area contributed by atoms with Crippen LogP contribution in [-0.4, -0.2) is 88.2 Å². The van der Waals surface area contributed by atoms with Crippen molar-refractivity contribution < 1.29 is 34.8 Å². The van der Waals surface area contributed by atoms with Crippen LogP contribution >= 0.6 is 0 Å². The Hall–Kier alpha value is -3.37. The number of aliphatic hydroxyl groups is 3. The number of hydrogen-bond donors (Lipinski definition) is 5. The fourth-order valence-corrected chi connectivity index (χ4v) is 6.04. The van der Waals surface area contributed by atoms with Crippen LogP contribution in [0.15, 0.2) is 34.8 Å². The van der Waals surface area contributed by atoms with Gasteiger partial charge in [0.25, 0.3) is 5.91 Å². The van der Waals surface area contributed by atoms with E-state index in [1.165, 1.54) is 6.07 Å². The van der Waals surface area contributed by atoms with E-state index in [-0.39, 0.29) is 29.7 Å². The molecule has 0 heterocycles. The van der Waals surface area contributed by atoms with E-state index < -0.39 is 63.6 Å². The van der Waals surface area contributed by atoms with Gasteiger partial charge >= 0.3 is 0 Å². The summed E-state index contributed by atoms with van der Waals surface area (Å²) in [6, 6.07) is 2.12. The summed E-state index contributed by atoms with van der Waals surface area (Å²) in [5.41, 5.74) is -2.81. The van der Waals surface area contributed by atoms with Crippen molar-refractivity contribution in [3.63, 3.8) is 0 Å². The third kappa shape index (κ3) is 3.90. The van der Waals surface area contributed by atoms with Gasteiger partial charge in [-0.1, -0.05) is 0 Å². The number of aliphatic hydroxyl groups excluding tert-OH is 2. The zero-order valence-corrected chi connectivity index (χ0v) is 22.2. The summed E-state index contributed by atoms with van der Waals surface area (Å²) >= 11 is 0. The van der Waals surface area contributed by atoms with Crippen LogP contribution in [0.1, 0.15) is 43.1 Å². The molecule has 0 radical (unpaired) electrons. The molecule has 3 aliphatic rings. The number of nitrogens with zero attached hydrogens (tertiary/aromatic N) is 2. The Kier molecular flexibility index (Phi) is 6.20. The Morgan fingerprint density at radius 2 is 1.70 bits per heavy atom. The molecule has 3 aliphatic carbocycles. The Balaban J connectivity index is 1.93. The fourth-order valence-electron chi connectivity index (χ4n) is 6.04. The van der Waals surface area contributed by atoms with Crippen molar-refractivity contribution in [3.8, 4) is 5.75 Å². The van der Waals surface area contributed by atoms with Crippen molar-refractivity contribution in [2.24, 2.45) is 11.8 Å². The van der Waals surface area contributed by atoms with Crippen molar-refractivity contribution in [1.29, 1.82) is 0 Å². The van der Waals surface area contributed by atoms with Crippen LogP contribution < -0.4 is 10.2 Å². The SMILES string of the molecule is CN(C)c1ccc(O)c2c1C[C@H]1C[C@H]3[C@H](N(C)C)C(O)=C(C(=O)NC(C)(C)C)C(=O)[C@@]3(O)C(O)=C1C2=O. The molecule has 0 saturated heterocycles. The average Bonchev–Trinajstić information content (AvgIpc) is 2.74. The van der Waals surface area contributed by atoms with E-state index in [2.05, 4.69) is 5.32 Å². The molecule has 0 aromatic heterocycles. The van der Waals surface area contributed by atoms with Crippen molar-refractivity contribution in [1.82, 2.24) is 10.2 Å². The molecule has 10 nitrogen and oxygen atoms in total. The number of carbonyl (C=O) groups excluding carboxylic acids is 3. The Bertz CT molecular complexity index is 1270. The monoisotopic (exact) mass is 513 g/mol. The maximum absolute atomic E-state index is 13.7. The standard InChI is InChI=1S/C27H35N3O7/c1-26(2,3)28-25(36)19-22(33)20(30(6)7)14-11-12-10-13-15(29(4)5)8-9-16(31)18(13)21(32)17(12)23(34)27(14,37)24(19)35/h8-9,12,14,20,31,33-34,37H,10-11H2,1-7H3,(H,28,36)/t12-,14-,20-,27-/m0/s1. The molecule has 1 amide bonds. The molecule has 37 heavy (non-hydrogen) atoms. The highest BCUT2D eigenvalue weighted by molar-refractivity contribution is 6.25. The molecule has 0 fully saturated rings. The maximum atomic E-state index is 13.7. The first-order chi connectivity index (χ1) is 17.0. The van der Waals surface area contributed by atoms with Crippen molar-refractivity contribution in [2.45, 2.75) is 50.8 Å². The van der Waals surface area contributed by atoms with Gasteiger partial charge in [0.05, 0.1) is 11.6 Å². The summed E-state index contributed by atoms with van der Waals surface area (Å²) in [5, 5.41) is 47.7. The molecular formula is C27H35N3O7. The second-order valence-electron chi connectivity index (χ2n) is 11.7. The third-order valence-electron chi connectivity index (χ3n) is 7.53. The summed E-state index contributed by atoms with van der Waals surface area (Å²) in [6.07, 6.45) is 0.349. The van der Waals surface area contributed by atoms with Crippen LogP contribution in [0.2, 0.25) is 0 Å². The molecule has 200 valence electrons. The van der Waals surface area contributed by atoms with E-state index >= 15 is 0 Å². The van der Waals surface area contributed by atoms with Crippen LogP contribution in [-0.2, 0) is 16.0 Å². The lowest BCUT2D eigenvalue weighted by atomic mass is 9.58. The maximum Gasteiger partial charge on any atom is 0.258 e. The van der Waals surface area contributed by atoms with Crippen LogP contribution in [0, 0.1) is 11.8 Å². The predicted molar refractivity (Wildman–Crippen MR) is 137 cm³/mol. The highest BCUT2D eigenvalue weighted by Gasteiger charge is 2.63. The predicted octanol–water partition coefficient (Wildman–Crippen LogP) is 1.62. The number of Topliss-reactive ketones (excluding diaryl/α,β-unsaturated/α-hetero) is 2. The molecule has 0 aliphatic heterocycles. The number of ketones is 2. The van der Waals surface area contributed by atoms with E-state index in [1.54, 1.807) is 45.8 Å². The number of hydrogen-bond acceptors (Lipinski definition) is 9. The number of carbonyl (C=O) groups is 3. The quantitative estimate of drug-likeness (QED) is 0.380. The molecule has 0 spiro atoms. The van der Waals surface area contributed by atoms with Gasteiger partial charge in [-0.2, -0.15) is 0 Å². The highest BCUT2D eigenvalue weighted by atomic mass is 16.3. The van der Waals surface area contributed by atoms with E-state index in [4.69, 9.17) is 0 Å². The van der Waals surface area contributed by atoms with E-state index in [1.807, 2.05) is 19.0 Å². The lowest BCUT2D eigenvalue weighted by Crippen LogP contribution is -2.64. The number of fused-ring (bicyclic) bond motifs is 3. The van der Waals surface area contributed by atoms with Gasteiger partial charge in [-0.3, -0.25) is 19.3 Å². The van der Waals surface area contributed by atoms with Crippen LogP contribution in [0.3, 0.4) is 0 Å². The summed E-state index contributed by atoms with van der Waals surface area (Å²) in [5.74, 6) is -5.93. The first-order valence-electron chi connectivity index (χ1n) is 12.2. The topological polar surface area (TPSA) is 151 Å². The highest BCUT2D eigenvalue weighted by Crippen LogP contribution is 2.53. The summed E-state index contributed by atoms with van der Waals surface area (Å²) < 4.78 is 0. The van der Waals surface area contributed by atoms with Crippen molar-refractivity contribution >= 4 is 23.2 Å². The zero-order valence-electron chi connectivity index (χ0n) is 22.2. The Morgan fingerprint density at radius 1 is 1.08 bits per heavy atom.